The summed E-state index contributed by atoms with van der Waals surface area (Å²) in [4.78, 5) is 4.77. The lowest BCUT2D eigenvalue weighted by molar-refractivity contribution is 0.140. The molecule has 2 atom stereocenters. The summed E-state index contributed by atoms with van der Waals surface area (Å²) < 4.78 is 16.4. The lowest BCUT2D eigenvalue weighted by Crippen LogP contribution is -2.46. The second-order valence-corrected chi connectivity index (χ2v) is 14.2. The Morgan fingerprint density at radius 1 is 1.09 bits per heavy atom. The van der Waals surface area contributed by atoms with Crippen molar-refractivity contribution < 1.29 is 4.55 Å². The van der Waals surface area contributed by atoms with Gasteiger partial charge in [-0.05, 0) is 106 Å². The molecule has 5 rings (SSSR count). The Balaban J connectivity index is 1.28. The van der Waals surface area contributed by atoms with Crippen molar-refractivity contribution in [3.05, 3.63) is 59.3 Å². The van der Waals surface area contributed by atoms with E-state index < -0.39 is 11.4 Å². The zero-order valence-electron chi connectivity index (χ0n) is 19.6. The highest BCUT2D eigenvalue weighted by Gasteiger charge is 2.50. The van der Waals surface area contributed by atoms with Gasteiger partial charge in [-0.25, -0.2) is 4.98 Å². The van der Waals surface area contributed by atoms with E-state index >= 15 is 0 Å². The quantitative estimate of drug-likeness (QED) is 0.384. The summed E-state index contributed by atoms with van der Waals surface area (Å²) in [5.74, 6) is 2.75. The van der Waals surface area contributed by atoms with Gasteiger partial charge in [-0.15, -0.1) is 16.5 Å². The molecular formula is C27H36N2OS2. The summed E-state index contributed by atoms with van der Waals surface area (Å²) in [6.45, 7) is 6.17. The Morgan fingerprint density at radius 2 is 1.84 bits per heavy atom. The maximum atomic E-state index is 13.1. The van der Waals surface area contributed by atoms with Crippen molar-refractivity contribution in [2.75, 3.05) is 5.75 Å². The third kappa shape index (κ3) is 4.77. The molecule has 2 fully saturated rings. The third-order valence-electron chi connectivity index (χ3n) is 7.68. The average Bonchev–Trinajstić information content (AvgIpc) is 3.57. The molecule has 172 valence electrons. The predicted molar refractivity (Wildman–Crippen MR) is 135 cm³/mol. The van der Waals surface area contributed by atoms with E-state index in [9.17, 15) is 4.55 Å². The fourth-order valence-corrected chi connectivity index (χ4v) is 7.43. The minimum atomic E-state index is -1.07. The topological polar surface area (TPSA) is 48.0 Å². The van der Waals surface area contributed by atoms with Crippen LogP contribution in [0.15, 0.2) is 47.6 Å². The predicted octanol–water partition coefficient (Wildman–Crippen LogP) is 6.58. The molecule has 1 N–H and O–H groups in total. The van der Waals surface area contributed by atoms with E-state index in [1.54, 1.807) is 0 Å². The summed E-state index contributed by atoms with van der Waals surface area (Å²) in [5.41, 5.74) is 4.37. The number of fused-ring (bicyclic) bond motifs is 1. The van der Waals surface area contributed by atoms with E-state index in [0.717, 1.165) is 12.3 Å². The number of pyridine rings is 1. The number of nitrogens with zero attached hydrogens (tertiary/aromatic N) is 1. The molecule has 2 saturated carbocycles. The second-order valence-electron chi connectivity index (χ2n) is 11.1. The van der Waals surface area contributed by atoms with Gasteiger partial charge in [0.2, 0.25) is 0 Å². The molecule has 3 aliphatic carbocycles. The van der Waals surface area contributed by atoms with E-state index in [1.165, 1.54) is 66.0 Å². The maximum absolute atomic E-state index is 13.1. The van der Waals surface area contributed by atoms with Crippen LogP contribution in [0, 0.1) is 11.3 Å². The van der Waals surface area contributed by atoms with Crippen LogP contribution in [0.25, 0.3) is 0 Å². The van der Waals surface area contributed by atoms with E-state index in [2.05, 4.69) is 68.1 Å². The maximum Gasteiger partial charge on any atom is 0.136 e. The first kappa shape index (κ1) is 22.8. The number of rotatable bonds is 6. The van der Waals surface area contributed by atoms with Gasteiger partial charge in [0.25, 0.3) is 0 Å². The van der Waals surface area contributed by atoms with Crippen molar-refractivity contribution in [1.29, 1.82) is 0 Å². The van der Waals surface area contributed by atoms with E-state index in [4.69, 9.17) is 4.98 Å². The largest absolute Gasteiger partial charge is 0.598 e. The van der Waals surface area contributed by atoms with Crippen LogP contribution in [-0.2, 0) is 17.8 Å². The molecule has 32 heavy (non-hydrogen) atoms. The first-order valence-corrected chi connectivity index (χ1v) is 14.3. The van der Waals surface area contributed by atoms with Crippen LogP contribution in [-0.4, -0.2) is 20.0 Å². The average molecular weight is 469 g/mol. The molecular weight excluding hydrogens is 432 g/mol. The molecule has 3 aliphatic rings. The molecule has 1 aromatic heterocycles. The number of hydrogen-bond donors (Lipinski definition) is 1. The normalized spacial score (nSPS) is 28.6. The molecule has 0 saturated heterocycles. The monoisotopic (exact) mass is 468 g/mol. The number of benzene rings is 1. The van der Waals surface area contributed by atoms with Crippen molar-refractivity contribution in [3.8, 4) is 0 Å². The molecule has 2 aromatic rings. The van der Waals surface area contributed by atoms with Gasteiger partial charge in [0, 0.05) is 23.3 Å². The van der Waals surface area contributed by atoms with Gasteiger partial charge in [-0.1, -0.05) is 30.3 Å². The minimum absolute atomic E-state index is 0.175. The molecule has 3 nitrogen and oxygen atoms in total. The summed E-state index contributed by atoms with van der Waals surface area (Å²) in [6.07, 6.45) is 10.7. The SMILES string of the molecule is CC(C)(C)[S+]([O-])N[C@H]1c2ccccc2CC12CCC(c1ccc(SCC3CC3)nc1)CC2. The van der Waals surface area contributed by atoms with Gasteiger partial charge >= 0.3 is 0 Å². The van der Waals surface area contributed by atoms with Crippen LogP contribution >= 0.6 is 11.8 Å². The molecule has 1 unspecified atom stereocenters. The summed E-state index contributed by atoms with van der Waals surface area (Å²) in [7, 11) is 0. The Morgan fingerprint density at radius 3 is 2.50 bits per heavy atom. The fourth-order valence-electron chi connectivity index (χ4n) is 5.46. The van der Waals surface area contributed by atoms with Gasteiger partial charge in [0.15, 0.2) is 0 Å². The number of nitrogens with one attached hydrogen (secondary N) is 1. The van der Waals surface area contributed by atoms with Crippen LogP contribution in [0.2, 0.25) is 0 Å². The highest BCUT2D eigenvalue weighted by atomic mass is 32.2. The number of aromatic nitrogens is 1. The Labute approximate surface area is 200 Å². The molecule has 1 aromatic carbocycles. The minimum Gasteiger partial charge on any atom is -0.598 e. The molecule has 0 aliphatic heterocycles. The molecule has 0 radical (unpaired) electrons. The second kappa shape index (κ2) is 8.98. The van der Waals surface area contributed by atoms with Crippen LogP contribution in [0.1, 0.15) is 87.9 Å². The van der Waals surface area contributed by atoms with Gasteiger partial charge in [0.05, 0.1) is 11.1 Å². The van der Waals surface area contributed by atoms with Crippen molar-refractivity contribution in [2.24, 2.45) is 11.3 Å². The molecule has 5 heteroatoms. The fraction of sp³-hybridized carbons (Fsp3) is 0.593. The summed E-state index contributed by atoms with van der Waals surface area (Å²) >= 11 is 0.841. The van der Waals surface area contributed by atoms with Crippen molar-refractivity contribution >= 4 is 23.1 Å². The zero-order valence-corrected chi connectivity index (χ0v) is 21.2. The highest BCUT2D eigenvalue weighted by molar-refractivity contribution is 7.99. The highest BCUT2D eigenvalue weighted by Crippen LogP contribution is 2.56. The van der Waals surface area contributed by atoms with Gasteiger partial charge in [0.1, 0.15) is 4.75 Å². The van der Waals surface area contributed by atoms with Gasteiger partial charge < -0.3 is 4.55 Å². The van der Waals surface area contributed by atoms with Gasteiger partial charge in [-0.2, -0.15) is 0 Å². The first-order valence-electron chi connectivity index (χ1n) is 12.2. The summed E-state index contributed by atoms with van der Waals surface area (Å²) in [5, 5.41) is 1.17. The van der Waals surface area contributed by atoms with E-state index in [1.807, 2.05) is 11.8 Å². The Hall–Kier alpha value is -1.01. The molecule has 1 spiro atoms. The molecule has 0 bridgehead atoms. The third-order valence-corrected chi connectivity index (χ3v) is 10.4. The number of thioether (sulfide) groups is 1. The Kier molecular flexibility index (Phi) is 6.39. The van der Waals surface area contributed by atoms with Crippen molar-refractivity contribution in [1.82, 2.24) is 9.71 Å². The lowest BCUT2D eigenvalue weighted by Gasteiger charge is -2.42. The zero-order chi connectivity index (χ0) is 22.3. The van der Waals surface area contributed by atoms with Crippen LogP contribution in [0.5, 0.6) is 0 Å². The van der Waals surface area contributed by atoms with Crippen molar-refractivity contribution in [2.45, 2.75) is 87.4 Å². The van der Waals surface area contributed by atoms with Crippen LogP contribution < -0.4 is 4.72 Å². The molecule has 1 heterocycles. The Bertz CT molecular complexity index is 927. The lowest BCUT2D eigenvalue weighted by atomic mass is 9.66. The van der Waals surface area contributed by atoms with E-state index in [-0.39, 0.29) is 16.2 Å². The standard InChI is InChI=1S/C27H36N2OS2/c1-26(2,3)32(30)29-25-23-7-5-4-6-21(23)16-27(25)14-12-20(13-15-27)22-10-11-24(28-17-22)31-18-19-8-9-19/h4-7,10-11,17,19-20,25,29H,8-9,12-16,18H2,1-3H3/t20?,25-,27?,32?/m0/s1. The van der Waals surface area contributed by atoms with Gasteiger partial charge in [-0.3, -0.25) is 0 Å². The van der Waals surface area contributed by atoms with Crippen LogP contribution in [0.4, 0.5) is 0 Å². The first-order chi connectivity index (χ1) is 15.3. The molecule has 0 amide bonds. The summed E-state index contributed by atoms with van der Waals surface area (Å²) in [6, 6.07) is 13.5. The smallest absolute Gasteiger partial charge is 0.136 e. The van der Waals surface area contributed by atoms with Crippen LogP contribution in [0.3, 0.4) is 0 Å². The van der Waals surface area contributed by atoms with Crippen molar-refractivity contribution in [3.63, 3.8) is 0 Å². The van der Waals surface area contributed by atoms with E-state index in [0.29, 0.717) is 5.92 Å². The number of hydrogen-bond acceptors (Lipinski definition) is 4.